The number of carbonyl (C=O) groups is 2. The van der Waals surface area contributed by atoms with Crippen molar-refractivity contribution in [2.45, 2.75) is 13.3 Å². The average molecular weight is 461 g/mol. The first-order chi connectivity index (χ1) is 14.5. The maximum atomic E-state index is 14.5. The third kappa shape index (κ3) is 5.63. The molecule has 1 aromatic heterocycles. The molecule has 12 nitrogen and oxygen atoms in total. The van der Waals surface area contributed by atoms with Crippen LogP contribution in [0.4, 0.5) is 19.5 Å². The van der Waals surface area contributed by atoms with Crippen LogP contribution in [-0.2, 0) is 31.2 Å². The number of nitrogens with one attached hydrogen (secondary N) is 1. The highest BCUT2D eigenvalue weighted by molar-refractivity contribution is 7.80. The molecule has 0 aliphatic carbocycles. The maximum absolute atomic E-state index is 14.5. The van der Waals surface area contributed by atoms with E-state index in [4.69, 9.17) is 14.6 Å². The van der Waals surface area contributed by atoms with Gasteiger partial charge in [0.05, 0.1) is 12.2 Å². The van der Waals surface area contributed by atoms with E-state index in [0.717, 1.165) is 9.47 Å². The van der Waals surface area contributed by atoms with Gasteiger partial charge in [0.1, 0.15) is 17.1 Å². The average Bonchev–Trinajstić information content (AvgIpc) is 3.05. The number of nitrogens with zero attached hydrogens (tertiary/aromatic N) is 4. The monoisotopic (exact) mass is 461 g/mol. The number of ether oxygens (including phenoxy) is 1. The fraction of sp³-hybridized carbons (Fsp3) is 0.375. The zero-order valence-electron chi connectivity index (χ0n) is 16.3. The van der Waals surface area contributed by atoms with Crippen LogP contribution in [0.5, 0.6) is 0 Å². The first kappa shape index (κ1) is 23.9. The van der Waals surface area contributed by atoms with Gasteiger partial charge in [0.25, 0.3) is 0 Å². The Morgan fingerprint density at radius 2 is 2.10 bits per heavy atom. The summed E-state index contributed by atoms with van der Waals surface area (Å²) in [5, 5.41) is 11.1. The lowest BCUT2D eigenvalue weighted by molar-refractivity contribution is -0.119. The molecule has 0 saturated heterocycles. The zero-order chi connectivity index (χ0) is 23.3. The van der Waals surface area contributed by atoms with E-state index in [-0.39, 0.29) is 24.4 Å². The van der Waals surface area contributed by atoms with Gasteiger partial charge in [-0.3, -0.25) is 9.35 Å². The maximum Gasteiger partial charge on any atom is 0.408 e. The SMILES string of the molecule is CCC(=O)N(COC(=O)NCCOS(=O)(=O)O)c1nc2c(F)cc(C#N)c(F)c2n1C. The first-order valence-electron chi connectivity index (χ1n) is 8.57. The van der Waals surface area contributed by atoms with Gasteiger partial charge in [-0.05, 0) is 6.07 Å². The molecular formula is C16H17F2N5O7S. The van der Waals surface area contributed by atoms with E-state index in [1.807, 2.05) is 0 Å². The summed E-state index contributed by atoms with van der Waals surface area (Å²) < 4.78 is 67.9. The van der Waals surface area contributed by atoms with Gasteiger partial charge in [0.2, 0.25) is 11.9 Å². The molecule has 0 spiro atoms. The number of aryl methyl sites for hydroxylation is 1. The Kier molecular flexibility index (Phi) is 7.44. The Bertz CT molecular complexity index is 1160. The number of imidazole rings is 1. The summed E-state index contributed by atoms with van der Waals surface area (Å²) in [6.07, 6.45) is -1.14. The fourth-order valence-corrected chi connectivity index (χ4v) is 2.81. The lowest BCUT2D eigenvalue weighted by Gasteiger charge is -2.21. The number of halogens is 2. The quantitative estimate of drug-likeness (QED) is 0.331. The fourth-order valence-electron chi connectivity index (χ4n) is 2.52. The zero-order valence-corrected chi connectivity index (χ0v) is 17.1. The van der Waals surface area contributed by atoms with Crippen molar-refractivity contribution in [3.05, 3.63) is 23.3 Å². The minimum atomic E-state index is -4.67. The van der Waals surface area contributed by atoms with Gasteiger partial charge in [-0.2, -0.15) is 13.7 Å². The number of hydrogen-bond donors (Lipinski definition) is 2. The topological polar surface area (TPSA) is 164 Å². The lowest BCUT2D eigenvalue weighted by atomic mass is 10.2. The molecule has 2 rings (SSSR count). The van der Waals surface area contributed by atoms with Gasteiger partial charge in [-0.1, -0.05) is 6.92 Å². The van der Waals surface area contributed by atoms with Crippen LogP contribution in [0.1, 0.15) is 18.9 Å². The third-order valence-corrected chi connectivity index (χ3v) is 4.37. The number of benzene rings is 1. The molecule has 15 heteroatoms. The predicted octanol–water partition coefficient (Wildman–Crippen LogP) is 0.969. The van der Waals surface area contributed by atoms with Crippen molar-refractivity contribution in [1.29, 1.82) is 5.26 Å². The van der Waals surface area contributed by atoms with E-state index in [2.05, 4.69) is 14.5 Å². The van der Waals surface area contributed by atoms with Crippen LogP contribution in [0.15, 0.2) is 6.07 Å². The number of alkyl carbamates (subject to hydrolysis) is 1. The van der Waals surface area contributed by atoms with E-state index in [1.54, 1.807) is 0 Å². The molecule has 168 valence electrons. The van der Waals surface area contributed by atoms with E-state index >= 15 is 0 Å². The summed E-state index contributed by atoms with van der Waals surface area (Å²) in [6, 6.07) is 2.20. The van der Waals surface area contributed by atoms with Crippen LogP contribution in [0, 0.1) is 23.0 Å². The number of carbonyl (C=O) groups excluding carboxylic acids is 2. The van der Waals surface area contributed by atoms with Crippen molar-refractivity contribution in [2.24, 2.45) is 7.05 Å². The summed E-state index contributed by atoms with van der Waals surface area (Å²) in [7, 11) is -3.38. The molecule has 0 saturated carbocycles. The van der Waals surface area contributed by atoms with E-state index < -0.39 is 58.5 Å². The molecule has 0 radical (unpaired) electrons. The number of fused-ring (bicyclic) bond motifs is 1. The number of nitriles is 1. The van der Waals surface area contributed by atoms with Crippen molar-refractivity contribution in [2.75, 3.05) is 24.8 Å². The predicted molar refractivity (Wildman–Crippen MR) is 100.0 cm³/mol. The summed E-state index contributed by atoms with van der Waals surface area (Å²) >= 11 is 0. The third-order valence-electron chi connectivity index (χ3n) is 3.91. The smallest absolute Gasteiger partial charge is 0.408 e. The molecular weight excluding hydrogens is 444 g/mol. The molecule has 0 bridgehead atoms. The van der Waals surface area contributed by atoms with E-state index in [9.17, 15) is 26.8 Å². The molecule has 0 aliphatic rings. The summed E-state index contributed by atoms with van der Waals surface area (Å²) in [5.41, 5.74) is -1.32. The molecule has 1 aromatic carbocycles. The first-order valence-corrected chi connectivity index (χ1v) is 9.94. The van der Waals surface area contributed by atoms with Crippen LogP contribution >= 0.6 is 0 Å². The number of aromatic nitrogens is 2. The molecule has 2 aromatic rings. The second-order valence-electron chi connectivity index (χ2n) is 5.91. The normalized spacial score (nSPS) is 11.2. The van der Waals surface area contributed by atoms with Crippen LogP contribution in [0.25, 0.3) is 11.0 Å². The van der Waals surface area contributed by atoms with Crippen molar-refractivity contribution in [3.8, 4) is 6.07 Å². The van der Waals surface area contributed by atoms with Crippen molar-refractivity contribution >= 4 is 39.4 Å². The minimum Gasteiger partial charge on any atom is -0.428 e. The van der Waals surface area contributed by atoms with Gasteiger partial charge in [0, 0.05) is 20.0 Å². The molecule has 0 fully saturated rings. The van der Waals surface area contributed by atoms with Gasteiger partial charge >= 0.3 is 16.5 Å². The Balaban J connectivity index is 2.23. The van der Waals surface area contributed by atoms with Crippen LogP contribution < -0.4 is 10.2 Å². The number of amides is 2. The number of rotatable bonds is 8. The number of hydrogen-bond acceptors (Lipinski definition) is 8. The van der Waals surface area contributed by atoms with Crippen molar-refractivity contribution in [3.63, 3.8) is 0 Å². The van der Waals surface area contributed by atoms with Crippen molar-refractivity contribution in [1.82, 2.24) is 14.9 Å². The summed E-state index contributed by atoms with van der Waals surface area (Å²) in [5.74, 6) is -2.84. The summed E-state index contributed by atoms with van der Waals surface area (Å²) in [4.78, 5) is 28.8. The molecule has 2 amide bonds. The molecule has 31 heavy (non-hydrogen) atoms. The van der Waals surface area contributed by atoms with E-state index in [0.29, 0.717) is 6.07 Å². The largest absolute Gasteiger partial charge is 0.428 e. The molecule has 1 heterocycles. The van der Waals surface area contributed by atoms with E-state index in [1.165, 1.54) is 20.0 Å². The molecule has 0 aliphatic heterocycles. The Hall–Kier alpha value is -3.35. The van der Waals surface area contributed by atoms with Gasteiger partial charge < -0.3 is 14.6 Å². The minimum absolute atomic E-state index is 0.0647. The molecule has 0 unspecified atom stereocenters. The van der Waals surface area contributed by atoms with Gasteiger partial charge in [-0.25, -0.2) is 27.6 Å². The molecule has 2 N–H and O–H groups in total. The second kappa shape index (κ2) is 9.64. The highest BCUT2D eigenvalue weighted by atomic mass is 32.3. The standard InChI is InChI=1S/C16H17F2N5O7S/c1-3-11(24)23(8-29-16(25)20-4-5-30-31(26,27)28)15-21-13-10(17)6-9(7-19)12(18)14(13)22(15)2/h6H,3-5,8H2,1-2H3,(H,20,25)(H,26,27,28). The second-order valence-corrected chi connectivity index (χ2v) is 7.00. The Morgan fingerprint density at radius 3 is 2.68 bits per heavy atom. The van der Waals surface area contributed by atoms with Gasteiger partial charge in [0.15, 0.2) is 18.4 Å². The number of anilines is 1. The van der Waals surface area contributed by atoms with Crippen LogP contribution in [0.3, 0.4) is 0 Å². The Labute approximate surface area is 174 Å². The lowest BCUT2D eigenvalue weighted by Crippen LogP contribution is -2.38. The van der Waals surface area contributed by atoms with Crippen LogP contribution in [-0.4, -0.2) is 54.4 Å². The highest BCUT2D eigenvalue weighted by Gasteiger charge is 2.26. The molecule has 0 atom stereocenters. The van der Waals surface area contributed by atoms with Gasteiger partial charge in [-0.15, -0.1) is 0 Å². The van der Waals surface area contributed by atoms with Crippen molar-refractivity contribution < 1.29 is 40.3 Å². The van der Waals surface area contributed by atoms with Crippen LogP contribution in [0.2, 0.25) is 0 Å². The Morgan fingerprint density at radius 1 is 1.42 bits per heavy atom. The summed E-state index contributed by atoms with van der Waals surface area (Å²) in [6.45, 7) is -0.112. The highest BCUT2D eigenvalue weighted by Crippen LogP contribution is 2.28.